The Morgan fingerprint density at radius 3 is 2.93 bits per heavy atom. The zero-order valence-corrected chi connectivity index (χ0v) is 15.7. The van der Waals surface area contributed by atoms with Gasteiger partial charge in [0.15, 0.2) is 0 Å². The van der Waals surface area contributed by atoms with Crippen LogP contribution >= 0.6 is 0 Å². The molecule has 0 amide bonds. The molecule has 0 aliphatic carbocycles. The van der Waals surface area contributed by atoms with Crippen molar-refractivity contribution in [1.29, 1.82) is 0 Å². The second-order valence-corrected chi connectivity index (χ2v) is 5.83. The number of alkyl halides is 1. The quantitative estimate of drug-likeness (QED) is 0.214. The molecule has 0 radical (unpaired) electrons. The minimum Gasteiger partial charge on any atom is -0.469 e. The van der Waals surface area contributed by atoms with Crippen LogP contribution in [0.1, 0.15) is 25.3 Å². The molecule has 0 saturated heterocycles. The maximum Gasteiger partial charge on any atom is 0.307 e. The number of aromatic nitrogens is 2. The maximum atomic E-state index is 14.3. The molecule has 2 rings (SSSR count). The molecule has 11 heteroatoms. The number of hydrogen-bond acceptors (Lipinski definition) is 9. The van der Waals surface area contributed by atoms with Gasteiger partial charge in [0.25, 0.3) is 0 Å². The van der Waals surface area contributed by atoms with Crippen LogP contribution in [-0.2, 0) is 14.3 Å². The number of carbonyl (C=O) groups excluding carboxylic acids is 1. The molecule has 2 aromatic rings. The van der Waals surface area contributed by atoms with Gasteiger partial charge in [-0.05, 0) is 12.1 Å². The zero-order chi connectivity index (χ0) is 20.7. The van der Waals surface area contributed by atoms with Crippen molar-refractivity contribution in [1.82, 2.24) is 20.5 Å². The number of esters is 1. The number of nitrogens with one attached hydrogen (secondary N) is 1. The fraction of sp³-hybridized carbons (Fsp3) is 0.412. The second-order valence-electron chi connectivity index (χ2n) is 5.83. The summed E-state index contributed by atoms with van der Waals surface area (Å²) in [5.41, 5.74) is 0.401. The van der Waals surface area contributed by atoms with Crippen molar-refractivity contribution in [3.8, 4) is 11.4 Å². The Kier molecular flexibility index (Phi) is 7.12. The van der Waals surface area contributed by atoms with Crippen LogP contribution < -0.4 is 5.32 Å². The first-order valence-electron chi connectivity index (χ1n) is 8.20. The van der Waals surface area contributed by atoms with Gasteiger partial charge in [-0.25, -0.2) is 9.40 Å². The van der Waals surface area contributed by atoms with Crippen LogP contribution in [0.25, 0.3) is 11.4 Å². The second kappa shape index (κ2) is 9.33. The van der Waals surface area contributed by atoms with Crippen LogP contribution in [0.3, 0.4) is 0 Å². The van der Waals surface area contributed by atoms with E-state index in [1.807, 2.05) is 0 Å². The number of halogens is 2. The van der Waals surface area contributed by atoms with Gasteiger partial charge in [0.05, 0.1) is 19.6 Å². The van der Waals surface area contributed by atoms with Gasteiger partial charge in [-0.15, -0.1) is 0 Å². The van der Waals surface area contributed by atoms with Crippen molar-refractivity contribution in [2.24, 2.45) is 5.10 Å². The lowest BCUT2D eigenvalue weighted by atomic mass is 10.2. The molecule has 2 unspecified atom stereocenters. The number of benzene rings is 1. The van der Waals surface area contributed by atoms with Crippen molar-refractivity contribution < 1.29 is 27.6 Å². The molecule has 0 spiro atoms. The van der Waals surface area contributed by atoms with E-state index in [2.05, 4.69) is 32.0 Å². The standard InChI is InChI=1S/C17H21F2N5O4/c1-17(19,24(3)20-2)27-10-21-13(9-14(25)26-4)16-22-15(23-28-16)11-6-5-7-12(18)8-11/h5-8,13,21H,2,9-10H2,1,3-4H3. The molecule has 9 nitrogen and oxygen atoms in total. The first kappa shape index (κ1) is 21.4. The van der Waals surface area contributed by atoms with Gasteiger partial charge >= 0.3 is 11.9 Å². The summed E-state index contributed by atoms with van der Waals surface area (Å²) in [6, 6.07) is 4.82. The Hall–Kier alpha value is -2.92. The Bertz CT molecular complexity index is 814. The number of hydrazone groups is 1. The van der Waals surface area contributed by atoms with Gasteiger partial charge < -0.3 is 14.0 Å². The van der Waals surface area contributed by atoms with Gasteiger partial charge in [0.1, 0.15) is 12.5 Å². The molecule has 28 heavy (non-hydrogen) atoms. The number of nitrogens with zero attached hydrogens (tertiary/aromatic N) is 4. The van der Waals surface area contributed by atoms with Crippen LogP contribution in [0.5, 0.6) is 0 Å². The Morgan fingerprint density at radius 2 is 2.29 bits per heavy atom. The molecule has 1 aromatic heterocycles. The predicted molar refractivity (Wildman–Crippen MR) is 95.0 cm³/mol. The summed E-state index contributed by atoms with van der Waals surface area (Å²) in [6.45, 7) is 4.05. The van der Waals surface area contributed by atoms with Gasteiger partial charge in [-0.3, -0.25) is 10.1 Å². The Balaban J connectivity index is 2.13. The van der Waals surface area contributed by atoms with Gasteiger partial charge in [0, 0.05) is 26.3 Å². The minimum atomic E-state index is -2.23. The molecule has 1 N–H and O–H groups in total. The normalized spacial score (nSPS) is 14.2. The van der Waals surface area contributed by atoms with Crippen molar-refractivity contribution in [2.75, 3.05) is 20.9 Å². The average molecular weight is 397 g/mol. The van der Waals surface area contributed by atoms with E-state index in [1.54, 1.807) is 6.07 Å². The number of methoxy groups -OCH3 is 1. The molecule has 152 valence electrons. The molecular weight excluding hydrogens is 376 g/mol. The van der Waals surface area contributed by atoms with Gasteiger partial charge in [-0.2, -0.15) is 14.5 Å². The lowest BCUT2D eigenvalue weighted by Crippen LogP contribution is -2.41. The van der Waals surface area contributed by atoms with Crippen LogP contribution in [0, 0.1) is 5.82 Å². The van der Waals surface area contributed by atoms with Crippen molar-refractivity contribution in [3.63, 3.8) is 0 Å². The Morgan fingerprint density at radius 1 is 1.54 bits per heavy atom. The van der Waals surface area contributed by atoms with Crippen molar-refractivity contribution in [3.05, 3.63) is 36.0 Å². The third kappa shape index (κ3) is 5.54. The molecule has 0 aliphatic heterocycles. The first-order valence-corrected chi connectivity index (χ1v) is 8.20. The monoisotopic (exact) mass is 397 g/mol. The summed E-state index contributed by atoms with van der Waals surface area (Å²) in [5.74, 6) is -3.08. The topological polar surface area (TPSA) is 102 Å². The molecule has 0 fully saturated rings. The third-order valence-corrected chi connectivity index (χ3v) is 3.88. The van der Waals surface area contributed by atoms with E-state index < -0.39 is 23.8 Å². The molecule has 0 bridgehead atoms. The van der Waals surface area contributed by atoms with E-state index in [0.717, 1.165) is 11.9 Å². The van der Waals surface area contributed by atoms with Crippen LogP contribution in [0.2, 0.25) is 0 Å². The maximum absolute atomic E-state index is 14.3. The van der Waals surface area contributed by atoms with Crippen molar-refractivity contribution >= 4 is 12.7 Å². The van der Waals surface area contributed by atoms with Crippen LogP contribution in [0.4, 0.5) is 8.78 Å². The summed E-state index contributed by atoms with van der Waals surface area (Å²) in [4.78, 5) is 15.9. The van der Waals surface area contributed by atoms with E-state index in [9.17, 15) is 13.6 Å². The largest absolute Gasteiger partial charge is 0.469 e. The molecule has 0 aliphatic rings. The smallest absolute Gasteiger partial charge is 0.307 e. The summed E-state index contributed by atoms with van der Waals surface area (Å²) in [6.07, 6.45) is -0.177. The summed E-state index contributed by atoms with van der Waals surface area (Å²) in [7, 11) is 2.58. The number of ether oxygens (including phenoxy) is 2. The Labute approximate surface area is 160 Å². The van der Waals surface area contributed by atoms with E-state index in [0.29, 0.717) is 5.56 Å². The fourth-order valence-electron chi connectivity index (χ4n) is 2.11. The summed E-state index contributed by atoms with van der Waals surface area (Å²) >= 11 is 0. The molecule has 2 atom stereocenters. The SMILES string of the molecule is C=NN(C)C(C)(F)OCNC(CC(=O)OC)c1nc(-c2cccc(F)c2)no1. The van der Waals surface area contributed by atoms with E-state index in [4.69, 9.17) is 9.26 Å². The molecule has 1 aromatic carbocycles. The fourth-order valence-corrected chi connectivity index (χ4v) is 2.11. The van der Waals surface area contributed by atoms with Crippen molar-refractivity contribution in [2.45, 2.75) is 25.4 Å². The molecule has 1 heterocycles. The number of hydrogen-bond donors (Lipinski definition) is 1. The summed E-state index contributed by atoms with van der Waals surface area (Å²) in [5, 5.41) is 10.9. The van der Waals surface area contributed by atoms with Gasteiger partial charge in [0.2, 0.25) is 11.7 Å². The third-order valence-electron chi connectivity index (χ3n) is 3.88. The minimum absolute atomic E-state index is 0.0315. The van der Waals surface area contributed by atoms with E-state index in [1.165, 1.54) is 32.4 Å². The molecular formula is C17H21F2N5O4. The summed E-state index contributed by atoms with van der Waals surface area (Å²) < 4.78 is 42.6. The van der Waals surface area contributed by atoms with Gasteiger partial charge in [-0.1, -0.05) is 17.3 Å². The highest BCUT2D eigenvalue weighted by molar-refractivity contribution is 5.70. The highest BCUT2D eigenvalue weighted by Crippen LogP contribution is 2.22. The van der Waals surface area contributed by atoms with E-state index in [-0.39, 0.29) is 24.9 Å². The highest BCUT2D eigenvalue weighted by atomic mass is 19.2. The van der Waals surface area contributed by atoms with Crippen LogP contribution in [0.15, 0.2) is 33.9 Å². The van der Waals surface area contributed by atoms with E-state index >= 15 is 0 Å². The number of rotatable bonds is 10. The average Bonchev–Trinajstić information content (AvgIpc) is 3.16. The predicted octanol–water partition coefficient (Wildman–Crippen LogP) is 2.23. The lowest BCUT2D eigenvalue weighted by molar-refractivity contribution is -0.228. The first-order chi connectivity index (χ1) is 13.3. The lowest BCUT2D eigenvalue weighted by Gasteiger charge is -2.28. The molecule has 0 saturated carbocycles. The number of carbonyl (C=O) groups is 1. The van der Waals surface area contributed by atoms with Crippen LogP contribution in [-0.4, -0.2) is 54.7 Å². The highest BCUT2D eigenvalue weighted by Gasteiger charge is 2.30. The zero-order valence-electron chi connectivity index (χ0n) is 15.7.